The summed E-state index contributed by atoms with van der Waals surface area (Å²) in [6, 6.07) is 7.79. The summed E-state index contributed by atoms with van der Waals surface area (Å²) in [6.07, 6.45) is 4.64. The topological polar surface area (TPSA) is 46.0 Å². The summed E-state index contributed by atoms with van der Waals surface area (Å²) in [5, 5.41) is 10.2. The Bertz CT molecular complexity index is 442. The molecule has 0 aliphatic rings. The summed E-state index contributed by atoms with van der Waals surface area (Å²) in [5.41, 5.74) is 0.920. The molecule has 0 saturated heterocycles. The molecule has 0 aliphatic carbocycles. The van der Waals surface area contributed by atoms with E-state index in [1.165, 1.54) is 0 Å². The third-order valence-electron chi connectivity index (χ3n) is 2.12. The second kappa shape index (κ2) is 5.09. The Morgan fingerprint density at radius 3 is 2.50 bits per heavy atom. The lowest BCUT2D eigenvalue weighted by molar-refractivity contribution is 0.199. The Morgan fingerprint density at radius 1 is 1.19 bits per heavy atom. The van der Waals surface area contributed by atoms with Crippen molar-refractivity contribution in [2.45, 2.75) is 22.9 Å². The Hall–Kier alpha value is -1.39. The molecule has 0 radical (unpaired) electrons. The van der Waals surface area contributed by atoms with E-state index in [4.69, 9.17) is 0 Å². The van der Waals surface area contributed by atoms with E-state index in [1.807, 2.05) is 24.3 Å². The van der Waals surface area contributed by atoms with Crippen molar-refractivity contribution in [1.82, 2.24) is 9.97 Å². The molecule has 0 fully saturated rings. The van der Waals surface area contributed by atoms with Gasteiger partial charge in [0, 0.05) is 17.3 Å². The minimum atomic E-state index is -0.421. The van der Waals surface area contributed by atoms with Crippen molar-refractivity contribution in [3.63, 3.8) is 0 Å². The highest BCUT2D eigenvalue weighted by Crippen LogP contribution is 2.26. The smallest absolute Gasteiger partial charge is 0.119 e. The van der Waals surface area contributed by atoms with Gasteiger partial charge < -0.3 is 5.11 Å². The van der Waals surface area contributed by atoms with Crippen LogP contribution >= 0.6 is 11.8 Å². The van der Waals surface area contributed by atoms with Gasteiger partial charge >= 0.3 is 0 Å². The summed E-state index contributed by atoms with van der Waals surface area (Å²) >= 11 is 1.55. The molecule has 1 atom stereocenters. The first-order valence-corrected chi connectivity index (χ1v) is 5.79. The molecule has 0 bridgehead atoms. The summed E-state index contributed by atoms with van der Waals surface area (Å²) in [4.78, 5) is 9.27. The maximum Gasteiger partial charge on any atom is 0.119 e. The van der Waals surface area contributed by atoms with Gasteiger partial charge in [0.05, 0.1) is 12.3 Å². The van der Waals surface area contributed by atoms with E-state index in [0.29, 0.717) is 0 Å². The molecular weight excluding hydrogens is 220 g/mol. The highest BCUT2D eigenvalue weighted by molar-refractivity contribution is 7.99. The number of aliphatic hydroxyl groups is 1. The SMILES string of the molecule is C[C@H](O)c1ccc(Sc2cnccn2)cc1. The fourth-order valence-corrected chi connectivity index (χ4v) is 2.01. The first-order chi connectivity index (χ1) is 7.75. The third-order valence-corrected chi connectivity index (χ3v) is 3.05. The standard InChI is InChI=1S/C12H12N2OS/c1-9(15)10-2-4-11(5-3-10)16-12-8-13-6-7-14-12/h2-9,15H,1H3/t9-/m0/s1. The molecule has 82 valence electrons. The van der Waals surface area contributed by atoms with Crippen molar-refractivity contribution in [3.8, 4) is 0 Å². The van der Waals surface area contributed by atoms with E-state index < -0.39 is 6.10 Å². The van der Waals surface area contributed by atoms with Crippen molar-refractivity contribution in [2.75, 3.05) is 0 Å². The Kier molecular flexibility index (Phi) is 3.54. The van der Waals surface area contributed by atoms with Crippen molar-refractivity contribution in [1.29, 1.82) is 0 Å². The second-order valence-electron chi connectivity index (χ2n) is 3.39. The summed E-state index contributed by atoms with van der Waals surface area (Å²) in [7, 11) is 0. The molecule has 1 aromatic heterocycles. The first kappa shape index (κ1) is 11.1. The van der Waals surface area contributed by atoms with E-state index >= 15 is 0 Å². The molecule has 1 aromatic carbocycles. The monoisotopic (exact) mass is 232 g/mol. The maximum absolute atomic E-state index is 9.38. The lowest BCUT2D eigenvalue weighted by Gasteiger charge is -2.05. The van der Waals surface area contributed by atoms with E-state index in [0.717, 1.165) is 15.5 Å². The number of benzene rings is 1. The lowest BCUT2D eigenvalue weighted by Crippen LogP contribution is -1.89. The summed E-state index contributed by atoms with van der Waals surface area (Å²) < 4.78 is 0. The molecular formula is C12H12N2OS. The van der Waals surface area contributed by atoms with Crippen LogP contribution in [0.5, 0.6) is 0 Å². The quantitative estimate of drug-likeness (QED) is 0.883. The largest absolute Gasteiger partial charge is 0.389 e. The Balaban J connectivity index is 2.11. The zero-order valence-electron chi connectivity index (χ0n) is 8.87. The van der Waals surface area contributed by atoms with E-state index in [1.54, 1.807) is 37.3 Å². The number of hydrogen-bond acceptors (Lipinski definition) is 4. The van der Waals surface area contributed by atoms with Gasteiger partial charge in [0.2, 0.25) is 0 Å². The zero-order valence-corrected chi connectivity index (χ0v) is 9.69. The first-order valence-electron chi connectivity index (χ1n) is 4.97. The molecule has 4 heteroatoms. The number of nitrogens with zero attached hydrogens (tertiary/aromatic N) is 2. The van der Waals surface area contributed by atoms with E-state index in [2.05, 4.69) is 9.97 Å². The highest BCUT2D eigenvalue weighted by Gasteiger charge is 2.02. The number of aromatic nitrogens is 2. The van der Waals surface area contributed by atoms with Crippen LogP contribution in [0, 0.1) is 0 Å². The predicted octanol–water partition coefficient (Wildman–Crippen LogP) is 2.68. The van der Waals surface area contributed by atoms with Crippen LogP contribution in [0.25, 0.3) is 0 Å². The second-order valence-corrected chi connectivity index (χ2v) is 4.48. The minimum Gasteiger partial charge on any atom is -0.389 e. The number of aliphatic hydroxyl groups excluding tert-OH is 1. The van der Waals surface area contributed by atoms with E-state index in [-0.39, 0.29) is 0 Å². The normalized spacial score (nSPS) is 12.4. The summed E-state index contributed by atoms with van der Waals surface area (Å²) in [5.74, 6) is 0. The maximum atomic E-state index is 9.38. The fraction of sp³-hybridized carbons (Fsp3) is 0.167. The van der Waals surface area contributed by atoms with Crippen LogP contribution in [0.3, 0.4) is 0 Å². The molecule has 3 nitrogen and oxygen atoms in total. The average molecular weight is 232 g/mol. The van der Waals surface area contributed by atoms with Gasteiger partial charge in [-0.3, -0.25) is 4.98 Å². The third kappa shape index (κ3) is 2.81. The van der Waals surface area contributed by atoms with Gasteiger partial charge in [-0.1, -0.05) is 23.9 Å². The van der Waals surface area contributed by atoms with Crippen LogP contribution in [0.1, 0.15) is 18.6 Å². The van der Waals surface area contributed by atoms with Gasteiger partial charge in [0.25, 0.3) is 0 Å². The van der Waals surface area contributed by atoms with Crippen LogP contribution in [0.15, 0.2) is 52.8 Å². The molecule has 2 aromatic rings. The van der Waals surface area contributed by atoms with Gasteiger partial charge in [-0.25, -0.2) is 4.98 Å². The fourth-order valence-electron chi connectivity index (χ4n) is 1.27. The van der Waals surface area contributed by atoms with Crippen LogP contribution in [0.2, 0.25) is 0 Å². The molecule has 1 N–H and O–H groups in total. The number of hydrogen-bond donors (Lipinski definition) is 1. The van der Waals surface area contributed by atoms with Crippen molar-refractivity contribution in [3.05, 3.63) is 48.4 Å². The molecule has 0 saturated carbocycles. The zero-order chi connectivity index (χ0) is 11.4. The van der Waals surface area contributed by atoms with Crippen LogP contribution in [0.4, 0.5) is 0 Å². The Morgan fingerprint density at radius 2 is 1.94 bits per heavy atom. The molecule has 1 heterocycles. The molecule has 0 aliphatic heterocycles. The van der Waals surface area contributed by atoms with Crippen LogP contribution < -0.4 is 0 Å². The Labute approximate surface area is 98.6 Å². The minimum absolute atomic E-state index is 0.421. The van der Waals surface area contributed by atoms with Crippen LogP contribution in [-0.4, -0.2) is 15.1 Å². The molecule has 0 spiro atoms. The van der Waals surface area contributed by atoms with Gasteiger partial charge in [-0.15, -0.1) is 0 Å². The van der Waals surface area contributed by atoms with Gasteiger partial charge in [0.15, 0.2) is 0 Å². The van der Waals surface area contributed by atoms with Crippen molar-refractivity contribution < 1.29 is 5.11 Å². The summed E-state index contributed by atoms with van der Waals surface area (Å²) in [6.45, 7) is 1.75. The van der Waals surface area contributed by atoms with Crippen molar-refractivity contribution in [2.24, 2.45) is 0 Å². The molecule has 2 rings (SSSR count). The van der Waals surface area contributed by atoms with Gasteiger partial charge in [-0.2, -0.15) is 0 Å². The predicted molar refractivity (Wildman–Crippen MR) is 63.2 cm³/mol. The van der Waals surface area contributed by atoms with Crippen molar-refractivity contribution >= 4 is 11.8 Å². The van der Waals surface area contributed by atoms with Gasteiger partial charge in [0.1, 0.15) is 5.03 Å². The average Bonchev–Trinajstić information content (AvgIpc) is 2.31. The lowest BCUT2D eigenvalue weighted by atomic mass is 10.1. The van der Waals surface area contributed by atoms with Gasteiger partial charge in [-0.05, 0) is 24.6 Å². The molecule has 0 unspecified atom stereocenters. The van der Waals surface area contributed by atoms with E-state index in [9.17, 15) is 5.11 Å². The highest BCUT2D eigenvalue weighted by atomic mass is 32.2. The number of rotatable bonds is 3. The van der Waals surface area contributed by atoms with Crippen LogP contribution in [-0.2, 0) is 0 Å². The molecule has 16 heavy (non-hydrogen) atoms. The molecule has 0 amide bonds.